The first kappa shape index (κ1) is 15.2. The Labute approximate surface area is 129 Å². The van der Waals surface area contributed by atoms with Crippen LogP contribution >= 0.6 is 23.2 Å². The van der Waals surface area contributed by atoms with Crippen LogP contribution in [0.25, 0.3) is 5.69 Å². The minimum atomic E-state index is -0.113. The Bertz CT molecular complexity index is 615. The first-order valence-electron chi connectivity index (χ1n) is 6.36. The zero-order valence-corrected chi connectivity index (χ0v) is 13.6. The van der Waals surface area contributed by atoms with Gasteiger partial charge in [0.25, 0.3) is 0 Å². The van der Waals surface area contributed by atoms with Crippen LogP contribution in [0.15, 0.2) is 24.3 Å². The number of hydrogen-bond donors (Lipinski definition) is 0. The molecule has 5 heteroatoms. The normalized spacial score (nSPS) is 11.7. The predicted molar refractivity (Wildman–Crippen MR) is 83.4 cm³/mol. The second kappa shape index (κ2) is 5.66. The molecule has 0 aliphatic rings. The van der Waals surface area contributed by atoms with Crippen LogP contribution in [0.3, 0.4) is 0 Å². The molecule has 0 bridgehead atoms. The van der Waals surface area contributed by atoms with Crippen molar-refractivity contribution in [2.24, 2.45) is 0 Å². The van der Waals surface area contributed by atoms with Gasteiger partial charge in [-0.3, -0.25) is 0 Å². The van der Waals surface area contributed by atoms with E-state index < -0.39 is 0 Å². The Morgan fingerprint density at radius 3 is 2.50 bits per heavy atom. The predicted octanol–water partition coefficient (Wildman–Crippen LogP) is 4.57. The van der Waals surface area contributed by atoms with Crippen molar-refractivity contribution >= 4 is 23.2 Å². The average molecular weight is 313 g/mol. The van der Waals surface area contributed by atoms with Crippen molar-refractivity contribution in [3.8, 4) is 11.4 Å². The third kappa shape index (κ3) is 2.79. The Morgan fingerprint density at radius 2 is 2.00 bits per heavy atom. The number of aromatic nitrogens is 2. The molecule has 0 aliphatic carbocycles. The van der Waals surface area contributed by atoms with E-state index in [0.717, 1.165) is 22.7 Å². The summed E-state index contributed by atoms with van der Waals surface area (Å²) in [5.74, 6) is 1.11. The molecule has 0 fully saturated rings. The maximum Gasteiger partial charge on any atom is 0.137 e. The molecule has 0 saturated heterocycles. The van der Waals surface area contributed by atoms with Crippen molar-refractivity contribution in [3.05, 3.63) is 40.7 Å². The van der Waals surface area contributed by atoms with Gasteiger partial charge in [0.05, 0.1) is 24.4 Å². The molecule has 2 rings (SSSR count). The minimum absolute atomic E-state index is 0.113. The first-order valence-corrected chi connectivity index (χ1v) is 7.28. The first-order chi connectivity index (χ1) is 9.38. The maximum atomic E-state index is 6.44. The monoisotopic (exact) mass is 312 g/mol. The summed E-state index contributed by atoms with van der Waals surface area (Å²) in [5, 5.41) is 5.20. The Balaban J connectivity index is 2.60. The summed E-state index contributed by atoms with van der Waals surface area (Å²) in [7, 11) is 1.63. The quantitative estimate of drug-likeness (QED) is 0.776. The van der Waals surface area contributed by atoms with Gasteiger partial charge in [-0.25, -0.2) is 4.68 Å². The third-order valence-corrected chi connectivity index (χ3v) is 3.72. The van der Waals surface area contributed by atoms with E-state index in [9.17, 15) is 0 Å². The molecular weight excluding hydrogens is 295 g/mol. The number of rotatable bonds is 3. The van der Waals surface area contributed by atoms with Crippen LogP contribution in [0.4, 0.5) is 0 Å². The molecule has 2 aromatic rings. The lowest BCUT2D eigenvalue weighted by Gasteiger charge is -2.16. The van der Waals surface area contributed by atoms with Gasteiger partial charge in [0, 0.05) is 17.0 Å². The lowest BCUT2D eigenvalue weighted by Crippen LogP contribution is -2.14. The molecule has 1 heterocycles. The van der Waals surface area contributed by atoms with Crippen LogP contribution < -0.4 is 4.74 Å². The molecule has 0 saturated carbocycles. The highest BCUT2D eigenvalue weighted by Crippen LogP contribution is 2.33. The summed E-state index contributed by atoms with van der Waals surface area (Å²) < 4.78 is 6.95. The molecule has 0 atom stereocenters. The molecule has 0 spiro atoms. The minimum Gasteiger partial charge on any atom is -0.497 e. The fraction of sp³-hybridized carbons (Fsp3) is 0.400. The van der Waals surface area contributed by atoms with E-state index in [4.69, 9.17) is 27.9 Å². The maximum absolute atomic E-state index is 6.44. The van der Waals surface area contributed by atoms with Gasteiger partial charge in [-0.15, -0.1) is 11.6 Å². The third-order valence-electron chi connectivity index (χ3n) is 3.06. The van der Waals surface area contributed by atoms with Crippen molar-refractivity contribution < 1.29 is 4.74 Å². The fourth-order valence-corrected chi connectivity index (χ4v) is 2.68. The summed E-state index contributed by atoms with van der Waals surface area (Å²) in [6, 6.07) is 7.62. The van der Waals surface area contributed by atoms with Crippen molar-refractivity contribution in [2.75, 3.05) is 7.11 Å². The SMILES string of the molecule is COc1cccc(-n2nc(C(C)(C)C)c(CCl)c2Cl)c1. The molecular formula is C15H18Cl2N2O. The number of nitrogens with zero attached hydrogens (tertiary/aromatic N) is 2. The Kier molecular flexibility index (Phi) is 4.31. The van der Waals surface area contributed by atoms with Crippen molar-refractivity contribution in [2.45, 2.75) is 32.1 Å². The molecule has 0 amide bonds. The largest absolute Gasteiger partial charge is 0.497 e. The average Bonchev–Trinajstić information content (AvgIpc) is 2.75. The molecule has 0 N–H and O–H groups in total. The Hall–Kier alpha value is -1.19. The van der Waals surface area contributed by atoms with Crippen LogP contribution in [-0.2, 0) is 11.3 Å². The van der Waals surface area contributed by atoms with Gasteiger partial charge in [-0.2, -0.15) is 5.10 Å². The summed E-state index contributed by atoms with van der Waals surface area (Å²) >= 11 is 12.5. The van der Waals surface area contributed by atoms with E-state index in [1.807, 2.05) is 24.3 Å². The highest BCUT2D eigenvalue weighted by molar-refractivity contribution is 6.31. The molecule has 0 radical (unpaired) electrons. The van der Waals surface area contributed by atoms with Crippen molar-refractivity contribution in [3.63, 3.8) is 0 Å². The lowest BCUT2D eigenvalue weighted by molar-refractivity contribution is 0.414. The standard InChI is InChI=1S/C15H18Cl2N2O/c1-15(2,3)13-12(9-16)14(17)19(18-13)10-6-5-7-11(8-10)20-4/h5-8H,9H2,1-4H3. The van der Waals surface area contributed by atoms with Crippen molar-refractivity contribution in [1.82, 2.24) is 9.78 Å². The number of benzene rings is 1. The smallest absolute Gasteiger partial charge is 0.137 e. The number of methoxy groups -OCH3 is 1. The van der Waals surface area contributed by atoms with Crippen LogP contribution in [0, 0.1) is 0 Å². The molecule has 3 nitrogen and oxygen atoms in total. The van der Waals surface area contributed by atoms with Gasteiger partial charge in [0.15, 0.2) is 0 Å². The second-order valence-electron chi connectivity index (χ2n) is 5.61. The van der Waals surface area contributed by atoms with E-state index in [1.165, 1.54) is 0 Å². The van der Waals surface area contributed by atoms with Crippen LogP contribution in [0.1, 0.15) is 32.0 Å². The second-order valence-corrected chi connectivity index (χ2v) is 6.24. The number of alkyl halides is 1. The zero-order valence-electron chi connectivity index (χ0n) is 12.1. The summed E-state index contributed by atoms with van der Waals surface area (Å²) in [6.07, 6.45) is 0. The molecule has 108 valence electrons. The zero-order chi connectivity index (χ0) is 14.9. The topological polar surface area (TPSA) is 27.1 Å². The van der Waals surface area contributed by atoms with E-state index in [-0.39, 0.29) is 5.41 Å². The number of hydrogen-bond acceptors (Lipinski definition) is 2. The van der Waals surface area contributed by atoms with Gasteiger partial charge in [-0.1, -0.05) is 38.4 Å². The lowest BCUT2D eigenvalue weighted by atomic mass is 9.90. The highest BCUT2D eigenvalue weighted by Gasteiger charge is 2.26. The van der Waals surface area contributed by atoms with E-state index in [1.54, 1.807) is 11.8 Å². The van der Waals surface area contributed by atoms with Gasteiger partial charge in [0.2, 0.25) is 0 Å². The van der Waals surface area contributed by atoms with Gasteiger partial charge >= 0.3 is 0 Å². The van der Waals surface area contributed by atoms with E-state index in [0.29, 0.717) is 11.0 Å². The van der Waals surface area contributed by atoms with E-state index in [2.05, 4.69) is 25.9 Å². The van der Waals surface area contributed by atoms with Crippen LogP contribution in [0.5, 0.6) is 5.75 Å². The molecule has 0 aliphatic heterocycles. The summed E-state index contributed by atoms with van der Waals surface area (Å²) in [5.41, 5.74) is 2.54. The van der Waals surface area contributed by atoms with Crippen LogP contribution in [-0.4, -0.2) is 16.9 Å². The van der Waals surface area contributed by atoms with Crippen molar-refractivity contribution in [1.29, 1.82) is 0 Å². The number of ether oxygens (including phenoxy) is 1. The summed E-state index contributed by atoms with van der Waals surface area (Å²) in [6.45, 7) is 6.28. The fourth-order valence-electron chi connectivity index (χ4n) is 2.06. The molecule has 1 aromatic heterocycles. The summed E-state index contributed by atoms with van der Waals surface area (Å²) in [4.78, 5) is 0. The number of halogens is 2. The molecule has 1 aromatic carbocycles. The van der Waals surface area contributed by atoms with Gasteiger partial charge < -0.3 is 4.74 Å². The highest BCUT2D eigenvalue weighted by atomic mass is 35.5. The Morgan fingerprint density at radius 1 is 1.30 bits per heavy atom. The van der Waals surface area contributed by atoms with Crippen LogP contribution in [0.2, 0.25) is 5.15 Å². The molecule has 20 heavy (non-hydrogen) atoms. The van der Waals surface area contributed by atoms with Gasteiger partial charge in [0.1, 0.15) is 10.9 Å². The molecule has 0 unspecified atom stereocenters. The van der Waals surface area contributed by atoms with Gasteiger partial charge in [-0.05, 0) is 12.1 Å². The van der Waals surface area contributed by atoms with E-state index >= 15 is 0 Å².